The molecule has 0 rings (SSSR count). The first-order valence-corrected chi connectivity index (χ1v) is 41.6. The van der Waals surface area contributed by atoms with Gasteiger partial charge >= 0.3 is 5.97 Å². The van der Waals surface area contributed by atoms with Crippen LogP contribution in [0, 0.1) is 0 Å². The van der Waals surface area contributed by atoms with E-state index in [0.29, 0.717) is 19.4 Å². The molecule has 6 heteroatoms. The average molecular weight is 1270 g/mol. The first-order chi connectivity index (χ1) is 44.5. The molecule has 0 heterocycles. The Morgan fingerprint density at radius 3 is 0.789 bits per heavy atom. The monoisotopic (exact) mass is 1270 g/mol. The number of aliphatic hydroxyl groups is 2. The standard InChI is InChI=1S/C84H163NO5/c1-3-5-7-9-11-13-15-17-19-21-22-23-24-32-35-38-41-45-48-52-56-60-64-68-72-76-82(87)81(80-86)85-83(88)77-73-69-65-61-57-53-49-46-42-39-36-33-30-28-26-25-27-29-31-34-37-40-43-47-51-55-59-63-67-71-75-79-90-84(89)78-74-70-66-62-58-54-50-44-20-18-16-14-12-10-8-6-4-2/h27,29,72,76,81-82,86-87H,3-26,28,30-71,73-75,77-80H2,1-2H3,(H,85,88)/b29-27-,76-72+. The Morgan fingerprint density at radius 1 is 0.300 bits per heavy atom. The molecule has 0 fully saturated rings. The van der Waals surface area contributed by atoms with Crippen LogP contribution in [0.15, 0.2) is 24.3 Å². The number of unbranched alkanes of at least 4 members (excludes halogenated alkanes) is 66. The number of esters is 1. The van der Waals surface area contributed by atoms with E-state index in [9.17, 15) is 19.8 Å². The van der Waals surface area contributed by atoms with Gasteiger partial charge in [0.15, 0.2) is 0 Å². The summed E-state index contributed by atoms with van der Waals surface area (Å²) in [6.45, 7) is 4.97. The number of hydrogen-bond donors (Lipinski definition) is 3. The molecule has 0 radical (unpaired) electrons. The molecule has 0 aliphatic carbocycles. The highest BCUT2D eigenvalue weighted by Gasteiger charge is 2.18. The SMILES string of the molecule is CCCCCCCCCCCCCCCCCCCCCCCCC/C=C/C(O)C(CO)NC(=O)CCCCCCCCCCCCCCCCC/C=C\CCCCCCCCCCCCCCOC(=O)CCCCCCCCCCCCCCCCCCC. The van der Waals surface area contributed by atoms with Crippen LogP contribution in [0.2, 0.25) is 0 Å². The number of nitrogens with one attached hydrogen (secondary N) is 1. The van der Waals surface area contributed by atoms with Crippen molar-refractivity contribution < 1.29 is 24.5 Å². The van der Waals surface area contributed by atoms with E-state index in [2.05, 4.69) is 31.3 Å². The smallest absolute Gasteiger partial charge is 0.305 e. The van der Waals surface area contributed by atoms with Crippen LogP contribution >= 0.6 is 0 Å². The third-order valence-corrected chi connectivity index (χ3v) is 19.7. The summed E-state index contributed by atoms with van der Waals surface area (Å²) in [7, 11) is 0. The number of aliphatic hydroxyl groups excluding tert-OH is 2. The van der Waals surface area contributed by atoms with Crippen molar-refractivity contribution in [3.8, 4) is 0 Å². The van der Waals surface area contributed by atoms with Crippen molar-refractivity contribution in [3.63, 3.8) is 0 Å². The van der Waals surface area contributed by atoms with E-state index >= 15 is 0 Å². The van der Waals surface area contributed by atoms with Crippen LogP contribution in [0.5, 0.6) is 0 Å². The number of ether oxygens (including phenoxy) is 1. The molecule has 2 atom stereocenters. The lowest BCUT2D eigenvalue weighted by Crippen LogP contribution is -2.45. The molecule has 1 amide bonds. The second-order valence-electron chi connectivity index (χ2n) is 28.8. The Hall–Kier alpha value is -1.66. The molecule has 0 aliphatic heterocycles. The van der Waals surface area contributed by atoms with Crippen molar-refractivity contribution in [3.05, 3.63) is 24.3 Å². The predicted octanol–water partition coefficient (Wildman–Crippen LogP) is 27.6. The zero-order chi connectivity index (χ0) is 64.9. The van der Waals surface area contributed by atoms with Crippen molar-refractivity contribution in [2.24, 2.45) is 0 Å². The topological polar surface area (TPSA) is 95.9 Å². The van der Waals surface area contributed by atoms with Gasteiger partial charge in [0.1, 0.15) is 0 Å². The molecule has 0 aliphatic rings. The van der Waals surface area contributed by atoms with Crippen LogP contribution in [0.1, 0.15) is 476 Å². The highest BCUT2D eigenvalue weighted by Crippen LogP contribution is 2.20. The Morgan fingerprint density at radius 2 is 0.522 bits per heavy atom. The molecule has 0 aromatic rings. The van der Waals surface area contributed by atoms with Gasteiger partial charge in [0.05, 0.1) is 25.4 Å². The van der Waals surface area contributed by atoms with E-state index in [-0.39, 0.29) is 18.5 Å². The van der Waals surface area contributed by atoms with E-state index in [1.807, 2.05) is 6.08 Å². The lowest BCUT2D eigenvalue weighted by molar-refractivity contribution is -0.143. The molecular formula is C84H163NO5. The molecule has 2 unspecified atom stereocenters. The summed E-state index contributed by atoms with van der Waals surface area (Å²) >= 11 is 0. The summed E-state index contributed by atoms with van der Waals surface area (Å²) < 4.78 is 5.51. The van der Waals surface area contributed by atoms with Gasteiger partial charge in [-0.25, -0.2) is 0 Å². The molecule has 0 aromatic heterocycles. The number of amides is 1. The zero-order valence-electron chi connectivity index (χ0n) is 61.4. The molecule has 0 bridgehead atoms. The maximum Gasteiger partial charge on any atom is 0.305 e. The summed E-state index contributed by atoms with van der Waals surface area (Å²) in [6, 6.07) is -0.628. The molecule has 6 nitrogen and oxygen atoms in total. The van der Waals surface area contributed by atoms with Crippen molar-refractivity contribution in [2.45, 2.75) is 488 Å². The van der Waals surface area contributed by atoms with Gasteiger partial charge in [0.2, 0.25) is 5.91 Å². The van der Waals surface area contributed by atoms with Crippen molar-refractivity contribution in [1.82, 2.24) is 5.32 Å². The molecule has 90 heavy (non-hydrogen) atoms. The predicted molar refractivity (Wildman–Crippen MR) is 398 cm³/mol. The number of allylic oxidation sites excluding steroid dienone is 3. The summed E-state index contributed by atoms with van der Waals surface area (Å²) in [6.07, 6.45) is 103. The maximum absolute atomic E-state index is 12.6. The van der Waals surface area contributed by atoms with Crippen molar-refractivity contribution >= 4 is 11.9 Å². The lowest BCUT2D eigenvalue weighted by Gasteiger charge is -2.20. The van der Waals surface area contributed by atoms with Gasteiger partial charge in [-0.1, -0.05) is 430 Å². The van der Waals surface area contributed by atoms with Gasteiger partial charge in [-0.05, 0) is 57.8 Å². The number of carbonyl (C=O) groups excluding carboxylic acids is 2. The van der Waals surface area contributed by atoms with Crippen LogP contribution in [0.25, 0.3) is 0 Å². The van der Waals surface area contributed by atoms with Gasteiger partial charge in [-0.3, -0.25) is 9.59 Å². The molecule has 0 saturated carbocycles. The zero-order valence-corrected chi connectivity index (χ0v) is 61.4. The molecular weight excluding hydrogens is 1100 g/mol. The van der Waals surface area contributed by atoms with Crippen LogP contribution in [-0.4, -0.2) is 47.4 Å². The fourth-order valence-corrected chi connectivity index (χ4v) is 13.4. The van der Waals surface area contributed by atoms with E-state index in [1.165, 1.54) is 411 Å². The van der Waals surface area contributed by atoms with Gasteiger partial charge in [-0.15, -0.1) is 0 Å². The minimum absolute atomic E-state index is 0.0226. The molecule has 3 N–H and O–H groups in total. The fourth-order valence-electron chi connectivity index (χ4n) is 13.4. The first-order valence-electron chi connectivity index (χ1n) is 41.6. The molecule has 0 saturated heterocycles. The average Bonchev–Trinajstić information content (AvgIpc) is 3.72. The molecule has 0 spiro atoms. The van der Waals surface area contributed by atoms with Crippen molar-refractivity contribution in [1.29, 1.82) is 0 Å². The highest BCUT2D eigenvalue weighted by atomic mass is 16.5. The second kappa shape index (κ2) is 79.8. The van der Waals surface area contributed by atoms with Crippen molar-refractivity contribution in [2.75, 3.05) is 13.2 Å². The minimum Gasteiger partial charge on any atom is -0.466 e. The third kappa shape index (κ3) is 75.4. The maximum atomic E-state index is 12.6. The number of rotatable bonds is 79. The number of hydrogen-bond acceptors (Lipinski definition) is 5. The highest BCUT2D eigenvalue weighted by molar-refractivity contribution is 5.76. The van der Waals surface area contributed by atoms with E-state index in [1.54, 1.807) is 6.08 Å². The summed E-state index contributed by atoms with van der Waals surface area (Å²) in [5.41, 5.74) is 0. The molecule has 534 valence electrons. The van der Waals surface area contributed by atoms with Crippen LogP contribution < -0.4 is 5.32 Å². The van der Waals surface area contributed by atoms with E-state index < -0.39 is 12.1 Å². The quantitative estimate of drug-likeness (QED) is 0.0320. The second-order valence-corrected chi connectivity index (χ2v) is 28.8. The fraction of sp³-hybridized carbons (Fsp3) is 0.929. The summed E-state index contributed by atoms with van der Waals surface area (Å²) in [5, 5.41) is 23.3. The van der Waals surface area contributed by atoms with Gasteiger partial charge in [-0.2, -0.15) is 0 Å². The van der Waals surface area contributed by atoms with Gasteiger partial charge < -0.3 is 20.3 Å². The van der Waals surface area contributed by atoms with Crippen LogP contribution in [0.3, 0.4) is 0 Å². The Bertz CT molecular complexity index is 1410. The normalized spacial score (nSPS) is 12.5. The number of carbonyl (C=O) groups is 2. The first kappa shape index (κ1) is 88.3. The minimum atomic E-state index is -0.845. The van der Waals surface area contributed by atoms with Crippen LogP contribution in [0.4, 0.5) is 0 Å². The van der Waals surface area contributed by atoms with E-state index in [4.69, 9.17) is 4.74 Å². The Kier molecular flexibility index (Phi) is 78.3. The van der Waals surface area contributed by atoms with Gasteiger partial charge in [0.25, 0.3) is 0 Å². The van der Waals surface area contributed by atoms with Crippen LogP contribution in [-0.2, 0) is 14.3 Å². The van der Waals surface area contributed by atoms with Gasteiger partial charge in [0, 0.05) is 12.8 Å². The van der Waals surface area contributed by atoms with E-state index in [0.717, 1.165) is 38.5 Å². The third-order valence-electron chi connectivity index (χ3n) is 19.7. The summed E-state index contributed by atoms with van der Waals surface area (Å²) in [4.78, 5) is 24.7. The Balaban J connectivity index is 3.37. The summed E-state index contributed by atoms with van der Waals surface area (Å²) in [5.74, 6) is -0.0376. The largest absolute Gasteiger partial charge is 0.466 e. The molecule has 0 aromatic carbocycles. The lowest BCUT2D eigenvalue weighted by atomic mass is 10.0. The Labute approximate surface area is 564 Å².